The number of nitrogens with two attached hydrogens (primary N) is 1. The van der Waals surface area contributed by atoms with Gasteiger partial charge in [0.1, 0.15) is 0 Å². The molecule has 0 radical (unpaired) electrons. The van der Waals surface area contributed by atoms with Crippen molar-refractivity contribution in [2.45, 2.75) is 32.6 Å². The van der Waals surface area contributed by atoms with E-state index in [1.807, 2.05) is 0 Å². The Morgan fingerprint density at radius 3 is 2.80 bits per heavy atom. The fourth-order valence-corrected chi connectivity index (χ4v) is 1.81. The van der Waals surface area contributed by atoms with E-state index in [-0.39, 0.29) is 0 Å². The molecule has 88 valence electrons. The van der Waals surface area contributed by atoms with Crippen molar-refractivity contribution in [3.8, 4) is 0 Å². The Bertz CT molecular complexity index is 185. The zero-order valence-electron chi connectivity index (χ0n) is 9.84. The lowest BCUT2D eigenvalue weighted by atomic mass is 10.4. The van der Waals surface area contributed by atoms with Crippen molar-refractivity contribution in [2.24, 2.45) is 10.7 Å². The van der Waals surface area contributed by atoms with Crippen molar-refractivity contribution in [1.82, 2.24) is 10.2 Å². The van der Waals surface area contributed by atoms with Gasteiger partial charge in [-0.2, -0.15) is 0 Å². The third-order valence-corrected chi connectivity index (χ3v) is 2.66. The average molecular weight is 212 g/mol. The summed E-state index contributed by atoms with van der Waals surface area (Å²) in [5.74, 6) is 0.596. The van der Waals surface area contributed by atoms with Crippen LogP contribution >= 0.6 is 0 Å². The molecule has 1 saturated heterocycles. The van der Waals surface area contributed by atoms with E-state index in [1.165, 1.54) is 32.5 Å². The molecule has 1 heterocycles. The SMILES string of the molecule is CCCN=C(N)NCCCN1CCCC1. The summed E-state index contributed by atoms with van der Waals surface area (Å²) in [6.45, 7) is 7.61. The van der Waals surface area contributed by atoms with Crippen molar-refractivity contribution >= 4 is 5.96 Å². The Balaban J connectivity index is 1.95. The van der Waals surface area contributed by atoms with Crippen molar-refractivity contribution in [3.05, 3.63) is 0 Å². The number of likely N-dealkylation sites (tertiary alicyclic amines) is 1. The molecule has 1 aliphatic heterocycles. The van der Waals surface area contributed by atoms with Gasteiger partial charge in [0.25, 0.3) is 0 Å². The standard InChI is InChI=1S/C11H24N4/c1-2-6-13-11(12)14-7-5-10-15-8-3-4-9-15/h2-10H2,1H3,(H3,12,13,14). The number of hydrogen-bond donors (Lipinski definition) is 2. The van der Waals surface area contributed by atoms with Crippen molar-refractivity contribution in [2.75, 3.05) is 32.7 Å². The maximum Gasteiger partial charge on any atom is 0.188 e. The summed E-state index contributed by atoms with van der Waals surface area (Å²) < 4.78 is 0. The Labute approximate surface area is 92.9 Å². The van der Waals surface area contributed by atoms with Gasteiger partial charge in [0.05, 0.1) is 0 Å². The molecule has 0 aromatic rings. The van der Waals surface area contributed by atoms with Crippen LogP contribution in [0.4, 0.5) is 0 Å². The van der Waals surface area contributed by atoms with Crippen LogP contribution in [0.3, 0.4) is 0 Å². The van der Waals surface area contributed by atoms with Crippen LogP contribution in [-0.4, -0.2) is 43.6 Å². The average Bonchev–Trinajstić information content (AvgIpc) is 2.74. The summed E-state index contributed by atoms with van der Waals surface area (Å²) in [4.78, 5) is 6.70. The molecule has 0 spiro atoms. The molecule has 1 aliphatic rings. The largest absolute Gasteiger partial charge is 0.370 e. The molecule has 15 heavy (non-hydrogen) atoms. The Kier molecular flexibility index (Phi) is 6.16. The van der Waals surface area contributed by atoms with Crippen LogP contribution in [0.2, 0.25) is 0 Å². The molecule has 0 bridgehead atoms. The fraction of sp³-hybridized carbons (Fsp3) is 0.909. The number of aliphatic imine (C=N–C) groups is 1. The Morgan fingerprint density at radius 2 is 2.13 bits per heavy atom. The topological polar surface area (TPSA) is 53.6 Å². The van der Waals surface area contributed by atoms with Crippen LogP contribution in [0.15, 0.2) is 4.99 Å². The molecule has 4 nitrogen and oxygen atoms in total. The third-order valence-electron chi connectivity index (χ3n) is 2.66. The summed E-state index contributed by atoms with van der Waals surface area (Å²) in [6.07, 6.45) is 4.94. The zero-order valence-corrected chi connectivity index (χ0v) is 9.84. The minimum Gasteiger partial charge on any atom is -0.370 e. The lowest BCUT2D eigenvalue weighted by molar-refractivity contribution is 0.334. The van der Waals surface area contributed by atoms with Crippen LogP contribution in [0.1, 0.15) is 32.6 Å². The van der Waals surface area contributed by atoms with Gasteiger partial charge in [-0.15, -0.1) is 0 Å². The molecule has 0 aromatic heterocycles. The lowest BCUT2D eigenvalue weighted by Gasteiger charge is -2.14. The van der Waals surface area contributed by atoms with E-state index in [9.17, 15) is 0 Å². The lowest BCUT2D eigenvalue weighted by Crippen LogP contribution is -2.34. The summed E-state index contributed by atoms with van der Waals surface area (Å²) in [6, 6.07) is 0. The molecule has 4 heteroatoms. The van der Waals surface area contributed by atoms with Gasteiger partial charge in [0.2, 0.25) is 0 Å². The normalized spacial score (nSPS) is 18.3. The van der Waals surface area contributed by atoms with Crippen LogP contribution < -0.4 is 11.1 Å². The highest BCUT2D eigenvalue weighted by Gasteiger charge is 2.09. The molecular formula is C11H24N4. The highest BCUT2D eigenvalue weighted by Crippen LogP contribution is 2.06. The van der Waals surface area contributed by atoms with E-state index in [0.29, 0.717) is 5.96 Å². The Morgan fingerprint density at radius 1 is 1.40 bits per heavy atom. The van der Waals surface area contributed by atoms with E-state index in [2.05, 4.69) is 22.1 Å². The van der Waals surface area contributed by atoms with Gasteiger partial charge in [-0.05, 0) is 45.3 Å². The first-order valence-corrected chi connectivity index (χ1v) is 6.09. The minimum absolute atomic E-state index is 0.596. The summed E-state index contributed by atoms with van der Waals surface area (Å²) in [5, 5.41) is 3.14. The van der Waals surface area contributed by atoms with E-state index >= 15 is 0 Å². The molecule has 0 unspecified atom stereocenters. The van der Waals surface area contributed by atoms with E-state index < -0.39 is 0 Å². The summed E-state index contributed by atoms with van der Waals surface area (Å²) in [7, 11) is 0. The fourth-order valence-electron chi connectivity index (χ4n) is 1.81. The molecule has 0 aromatic carbocycles. The summed E-state index contributed by atoms with van der Waals surface area (Å²) in [5.41, 5.74) is 5.68. The number of guanidine groups is 1. The molecule has 0 amide bonds. The third kappa shape index (κ3) is 5.62. The predicted molar refractivity (Wildman–Crippen MR) is 65.1 cm³/mol. The van der Waals surface area contributed by atoms with Gasteiger partial charge in [-0.25, -0.2) is 0 Å². The zero-order chi connectivity index (χ0) is 10.9. The van der Waals surface area contributed by atoms with Crippen LogP contribution in [-0.2, 0) is 0 Å². The number of nitrogens with zero attached hydrogens (tertiary/aromatic N) is 2. The predicted octanol–water partition coefficient (Wildman–Crippen LogP) is 0.787. The van der Waals surface area contributed by atoms with Gasteiger partial charge >= 0.3 is 0 Å². The van der Waals surface area contributed by atoms with Gasteiger partial charge < -0.3 is 16.0 Å². The maximum atomic E-state index is 5.68. The van der Waals surface area contributed by atoms with Crippen molar-refractivity contribution < 1.29 is 0 Å². The van der Waals surface area contributed by atoms with E-state index in [4.69, 9.17) is 5.73 Å². The quantitative estimate of drug-likeness (QED) is 0.389. The molecule has 3 N–H and O–H groups in total. The number of hydrogen-bond acceptors (Lipinski definition) is 2. The molecular weight excluding hydrogens is 188 g/mol. The molecule has 0 atom stereocenters. The van der Waals surface area contributed by atoms with Gasteiger partial charge in [-0.3, -0.25) is 4.99 Å². The van der Waals surface area contributed by atoms with Gasteiger partial charge in [-0.1, -0.05) is 6.92 Å². The first-order chi connectivity index (χ1) is 7.33. The van der Waals surface area contributed by atoms with Gasteiger partial charge in [0, 0.05) is 13.1 Å². The van der Waals surface area contributed by atoms with Crippen LogP contribution in [0.25, 0.3) is 0 Å². The number of nitrogens with one attached hydrogen (secondary N) is 1. The molecule has 1 rings (SSSR count). The molecule has 0 saturated carbocycles. The molecule has 1 fully saturated rings. The van der Waals surface area contributed by atoms with Crippen LogP contribution in [0, 0.1) is 0 Å². The highest BCUT2D eigenvalue weighted by atomic mass is 15.1. The summed E-state index contributed by atoms with van der Waals surface area (Å²) >= 11 is 0. The van der Waals surface area contributed by atoms with Gasteiger partial charge in [0.15, 0.2) is 5.96 Å². The highest BCUT2D eigenvalue weighted by molar-refractivity contribution is 5.77. The second-order valence-electron chi connectivity index (χ2n) is 4.10. The molecule has 0 aliphatic carbocycles. The van der Waals surface area contributed by atoms with E-state index in [0.717, 1.165) is 25.9 Å². The number of rotatable bonds is 6. The first-order valence-electron chi connectivity index (χ1n) is 6.09. The maximum absolute atomic E-state index is 5.68. The minimum atomic E-state index is 0.596. The second kappa shape index (κ2) is 7.51. The smallest absolute Gasteiger partial charge is 0.188 e. The first kappa shape index (κ1) is 12.3. The Hall–Kier alpha value is -0.770. The second-order valence-corrected chi connectivity index (χ2v) is 4.10. The van der Waals surface area contributed by atoms with Crippen LogP contribution in [0.5, 0.6) is 0 Å². The van der Waals surface area contributed by atoms with Crippen molar-refractivity contribution in [3.63, 3.8) is 0 Å². The van der Waals surface area contributed by atoms with E-state index in [1.54, 1.807) is 0 Å². The van der Waals surface area contributed by atoms with Crippen molar-refractivity contribution in [1.29, 1.82) is 0 Å². The monoisotopic (exact) mass is 212 g/mol.